The van der Waals surface area contributed by atoms with Gasteiger partial charge in [0, 0.05) is 128 Å². The molecule has 0 aliphatic rings. The van der Waals surface area contributed by atoms with Gasteiger partial charge in [0.25, 0.3) is 10.1 Å². The fraction of sp³-hybridized carbons (Fsp3) is 0.689. The van der Waals surface area contributed by atoms with Gasteiger partial charge in [0.15, 0.2) is 19.8 Å². The number of hydrogen-bond acceptors (Lipinski definition) is 44. The second-order valence-corrected chi connectivity index (χ2v) is 39.3. The number of carboxylic acids is 1. The van der Waals surface area contributed by atoms with E-state index < -0.39 is 43.5 Å². The summed E-state index contributed by atoms with van der Waals surface area (Å²) in [6.07, 6.45) is 16.7. The molecule has 0 heterocycles. The molecule has 37 nitrogen and oxygen atoms in total. The van der Waals surface area contributed by atoms with Crippen LogP contribution in [0.3, 0.4) is 0 Å². The number of ketones is 1. The third-order valence-electron chi connectivity index (χ3n) is 12.8. The van der Waals surface area contributed by atoms with Crippen molar-refractivity contribution in [3.8, 4) is 0 Å². The van der Waals surface area contributed by atoms with E-state index in [0.29, 0.717) is 131 Å². The number of aliphatic hydroxyl groups excluding tert-OH is 5. The Balaban J connectivity index is -0.000000143. The minimum Gasteiger partial charge on any atom is -0.742 e. The molecule has 0 spiro atoms. The number of benzene rings is 3. The average Bonchev–Trinajstić information content (AvgIpc) is 0.966. The number of esters is 6. The van der Waals surface area contributed by atoms with Crippen molar-refractivity contribution < 1.29 is 227 Å². The minimum atomic E-state index is -3.38. The number of aliphatic hydroxyl groups is 5. The second-order valence-electron chi connectivity index (χ2n) is 25.4. The maximum absolute atomic E-state index is 10.9. The fourth-order valence-electron chi connectivity index (χ4n) is 7.10. The van der Waals surface area contributed by atoms with E-state index in [1.807, 2.05) is 95.9 Å². The van der Waals surface area contributed by atoms with Gasteiger partial charge in [0.2, 0.25) is 0 Å². The predicted molar refractivity (Wildman–Crippen MR) is 550 cm³/mol. The molecule has 138 heavy (non-hydrogen) atoms. The smallest absolute Gasteiger partial charge is 0.742 e. The van der Waals surface area contributed by atoms with E-state index in [2.05, 4.69) is 78.4 Å². The Bertz CT molecular complexity index is 3240. The molecule has 804 valence electrons. The van der Waals surface area contributed by atoms with E-state index in [1.165, 1.54) is 62.6 Å². The Kier molecular flexibility index (Phi) is 152. The number of hydrogen-bond donors (Lipinski definition) is 7. The van der Waals surface area contributed by atoms with Crippen molar-refractivity contribution in [1.29, 1.82) is 0 Å². The molecule has 48 heteroatoms. The number of unbranched alkanes of at least 4 members (excludes halogenated alkanes) is 1. The SMILES string of the molecule is CC(=O)[S-].CCCCOCc1ccccc1.CCOC(=O)CO.CCOC(=O)COCCCO.CCOC(=O)COCCCOCc1ccccc1.CCOC(=O)COCCCOS(C)(=O)=O.CCOC(=O)COCCCS.CCOC(=O)COCCCSC(C)=O.CSS(C)(=O)=O.CSSCCCOCC(=O)O.CSSCCCOCC(C)=O.OCCCO.OCCCOCc1ccccc1.[K+]. The van der Waals surface area contributed by atoms with Gasteiger partial charge in [0.05, 0.1) is 72.3 Å². The van der Waals surface area contributed by atoms with Gasteiger partial charge in [-0.05, 0) is 172 Å². The molecule has 0 atom stereocenters. The van der Waals surface area contributed by atoms with Crippen molar-refractivity contribution in [1.82, 2.24) is 0 Å². The van der Waals surface area contributed by atoms with Crippen LogP contribution in [-0.4, -0.2) is 351 Å². The van der Waals surface area contributed by atoms with Gasteiger partial charge in [-0.3, -0.25) is 13.8 Å². The van der Waals surface area contributed by atoms with Gasteiger partial charge in [-0.15, -0.1) is 0 Å². The molecule has 3 rings (SSSR count). The third-order valence-corrected chi connectivity index (χ3v) is 20.9. The molecule has 0 radical (unpaired) electrons. The van der Waals surface area contributed by atoms with Gasteiger partial charge in [-0.2, -0.15) is 21.0 Å². The van der Waals surface area contributed by atoms with Crippen LogP contribution in [0.1, 0.15) is 157 Å². The first kappa shape index (κ1) is 157. The van der Waals surface area contributed by atoms with Crippen molar-refractivity contribution in [2.24, 2.45) is 0 Å². The van der Waals surface area contributed by atoms with Crippen molar-refractivity contribution in [3.63, 3.8) is 0 Å². The second kappa shape index (κ2) is 134. The zero-order valence-electron chi connectivity index (χ0n) is 83.9. The van der Waals surface area contributed by atoms with E-state index >= 15 is 0 Å². The molecule has 3 aromatic rings. The summed E-state index contributed by atoms with van der Waals surface area (Å²) in [5.41, 5.74) is 3.59. The summed E-state index contributed by atoms with van der Waals surface area (Å²) >= 11 is 9.24. The number of aliphatic carboxylic acids is 1. The van der Waals surface area contributed by atoms with Crippen LogP contribution in [-0.2, 0) is 179 Å². The molecule has 0 bridgehead atoms. The molecule has 0 aromatic heterocycles. The van der Waals surface area contributed by atoms with Gasteiger partial charge in [-0.1, -0.05) is 159 Å². The molecule has 0 amide bonds. The Labute approximate surface area is 899 Å². The molecular formula is C90H161KO37S10. The van der Waals surface area contributed by atoms with E-state index in [4.69, 9.17) is 82.7 Å². The van der Waals surface area contributed by atoms with Crippen LogP contribution in [0.2, 0.25) is 0 Å². The first-order valence-corrected chi connectivity index (χ1v) is 56.8. The maximum Gasteiger partial charge on any atom is 1.00 e. The molecule has 0 saturated heterocycles. The molecule has 0 fully saturated rings. The van der Waals surface area contributed by atoms with E-state index in [-0.39, 0.29) is 177 Å². The van der Waals surface area contributed by atoms with Crippen molar-refractivity contribution in [2.45, 2.75) is 160 Å². The van der Waals surface area contributed by atoms with Crippen LogP contribution < -0.4 is 51.4 Å². The fourth-order valence-corrected chi connectivity index (χ4v) is 10.7. The van der Waals surface area contributed by atoms with Gasteiger partial charge in [-0.25, -0.2) is 42.0 Å². The number of carbonyl (C=O) groups is 10. The largest absolute Gasteiger partial charge is 1.00 e. The van der Waals surface area contributed by atoms with Gasteiger partial charge in [0.1, 0.15) is 52.9 Å². The topological polar surface area (TPSA) is 517 Å². The Morgan fingerprint density at radius 2 is 0.630 bits per heavy atom. The minimum absolute atomic E-state index is 0. The Morgan fingerprint density at radius 1 is 0.362 bits per heavy atom. The first-order chi connectivity index (χ1) is 65.5. The zero-order chi connectivity index (χ0) is 106. The molecule has 0 saturated carbocycles. The van der Waals surface area contributed by atoms with Gasteiger partial charge >= 0.3 is 93.2 Å². The number of Topliss-reactive ketones (excluding diaryl/α,β-unsaturated/α-hetero) is 1. The molecule has 0 aliphatic heterocycles. The maximum atomic E-state index is 10.9. The Morgan fingerprint density at radius 3 is 0.884 bits per heavy atom. The summed E-state index contributed by atoms with van der Waals surface area (Å²) < 4.78 is 124. The summed E-state index contributed by atoms with van der Waals surface area (Å²) in [5, 5.41) is 48.7. The number of thioether (sulfide) groups is 1. The number of rotatable bonds is 65. The van der Waals surface area contributed by atoms with Crippen LogP contribution >= 0.6 is 78.4 Å². The monoisotopic (exact) mass is 2190 g/mol. The first-order valence-electron chi connectivity index (χ1n) is 43.9. The quantitative estimate of drug-likeness (QED) is 0.00406. The summed E-state index contributed by atoms with van der Waals surface area (Å²) in [7, 11) is 1.77. The molecule has 3 aromatic carbocycles. The molecule has 0 unspecified atom stereocenters. The van der Waals surface area contributed by atoms with Crippen LogP contribution in [0.25, 0.3) is 0 Å². The third kappa shape index (κ3) is 175. The summed E-state index contributed by atoms with van der Waals surface area (Å²) in [6, 6.07) is 30.3. The summed E-state index contributed by atoms with van der Waals surface area (Å²) in [4.78, 5) is 104. The normalized spacial score (nSPS) is 9.86. The predicted octanol–water partition coefficient (Wildman–Crippen LogP) is 8.54. The van der Waals surface area contributed by atoms with Crippen LogP contribution in [0.15, 0.2) is 91.0 Å². The average molecular weight is 2200 g/mol. The van der Waals surface area contributed by atoms with Gasteiger partial charge < -0.3 is 124 Å². The summed E-state index contributed by atoms with van der Waals surface area (Å²) in [5.74, 6) is 0.515. The summed E-state index contributed by atoms with van der Waals surface area (Å²) in [6.45, 7) is 26.9. The number of thiol groups is 1. The van der Waals surface area contributed by atoms with E-state index in [1.54, 1.807) is 73.9 Å². The number of ether oxygens (including phenoxy) is 16. The number of carboxylic acid groups (broad SMARTS) is 1. The molecule has 6 N–H and O–H groups in total. The molecule has 0 aliphatic carbocycles. The van der Waals surface area contributed by atoms with Crippen LogP contribution in [0.5, 0.6) is 0 Å². The zero-order valence-corrected chi connectivity index (χ0v) is 95.2. The van der Waals surface area contributed by atoms with E-state index in [0.717, 1.165) is 97.4 Å². The van der Waals surface area contributed by atoms with Crippen LogP contribution in [0.4, 0.5) is 0 Å². The molecular weight excluding hydrogens is 2030 g/mol. The van der Waals surface area contributed by atoms with Crippen molar-refractivity contribution >= 4 is 168 Å². The number of carbonyl (C=O) groups excluding carboxylic acids is 9. The standard InChI is InChI=1S/C14H20O4.C11H16O.C10H14O2.C9H16O4S.C8H16O6S.C7H14O4.C7H14O3S.C7H14O2S2.C6H12O3S2.C4H8O3.C3H8O2.C2H6O2S2.C2H4OS.K/c1-2-18-14(15)12-17-10-6-9-16-11-13-7-4-3-5-8-13;1-2-3-9-12-10-11-7-5-4-6-8-11;11-7-4-8-12-9-10-5-2-1-3-6-10;1-3-13-9(11)7-12-5-4-6-14-8(2)10;1-3-13-8(9)7-12-5-4-6-14-15(2,10)11;1-2-11-7(9)6-10-5-3-4-8;1-2-10-7(8)6-9-4-3-5-11;1-7(8)6-9-4-3-5-11-10-2;1-10-11-4-2-3-9-5-6(7)8;1-2-7-4(6)3-5;4-2-1-3-5;1-5-6(2,3)4;1-2(3)4;/h3-5,7-8H,2,6,9-12H2,1H3;4-8H,2-3,9-10H2,1H3;1-3,5-6,11H,4,7-9H2;3-7H2,1-2H3;3-7H2,1-2H3;8H,2-6H2,1H3;11H,2-6H2,1H3;3-6H2,1-2H3;2-5H2,1H3,(H,7,8);5H,2-3H2,1H3;4-5H,1-3H2;1-2H3;1H3,(H,3,4);/q;;;;;;;;;;;;;+1/p-1. The van der Waals surface area contributed by atoms with Crippen LogP contribution in [0, 0.1) is 0 Å². The van der Waals surface area contributed by atoms with Crippen molar-refractivity contribution in [2.75, 3.05) is 246 Å². The Hall–Kier alpha value is -3.47. The van der Waals surface area contributed by atoms with E-state index in [9.17, 15) is 64.8 Å². The van der Waals surface area contributed by atoms with Crippen molar-refractivity contribution in [3.05, 3.63) is 108 Å².